The monoisotopic (exact) mass is 356 g/mol. The molecule has 26 heavy (non-hydrogen) atoms. The van der Waals surface area contributed by atoms with E-state index in [1.165, 1.54) is 11.6 Å². The van der Waals surface area contributed by atoms with Crippen LogP contribution < -0.4 is 14.2 Å². The molecule has 0 atom stereocenters. The lowest BCUT2D eigenvalue weighted by Crippen LogP contribution is -2.10. The molecule has 0 saturated heterocycles. The summed E-state index contributed by atoms with van der Waals surface area (Å²) in [6.07, 6.45) is 2.60. The molecule has 2 aromatic carbocycles. The summed E-state index contributed by atoms with van der Waals surface area (Å²) in [7, 11) is 0. The number of carboxylic acids is 1. The fraction of sp³-hybridized carbons (Fsp3) is 0.286. The minimum atomic E-state index is -0.994. The van der Waals surface area contributed by atoms with Gasteiger partial charge in [0, 0.05) is 6.08 Å². The molecule has 0 aliphatic heterocycles. The van der Waals surface area contributed by atoms with Crippen LogP contribution in [-0.4, -0.2) is 30.9 Å². The van der Waals surface area contributed by atoms with Crippen LogP contribution in [0.25, 0.3) is 6.08 Å². The molecule has 0 radical (unpaired) electrons. The maximum Gasteiger partial charge on any atom is 0.328 e. The van der Waals surface area contributed by atoms with Gasteiger partial charge in [0.1, 0.15) is 19.0 Å². The molecule has 2 aromatic rings. The molecule has 0 aliphatic carbocycles. The predicted octanol–water partition coefficient (Wildman–Crippen LogP) is 4.26. The molecule has 1 N–H and O–H groups in total. The van der Waals surface area contributed by atoms with E-state index in [1.54, 1.807) is 18.2 Å². The highest BCUT2D eigenvalue weighted by molar-refractivity contribution is 5.85. The van der Waals surface area contributed by atoms with Gasteiger partial charge in [-0.2, -0.15) is 0 Å². The first-order valence-corrected chi connectivity index (χ1v) is 8.50. The quantitative estimate of drug-likeness (QED) is 0.537. The van der Waals surface area contributed by atoms with Gasteiger partial charge in [0.2, 0.25) is 0 Å². The van der Waals surface area contributed by atoms with Gasteiger partial charge in [0.05, 0.1) is 6.61 Å². The lowest BCUT2D eigenvalue weighted by atomic mass is 10.1. The largest absolute Gasteiger partial charge is 0.490 e. The van der Waals surface area contributed by atoms with Crippen LogP contribution in [0.3, 0.4) is 0 Å². The second-order valence-corrected chi connectivity index (χ2v) is 5.78. The van der Waals surface area contributed by atoms with E-state index in [0.29, 0.717) is 31.3 Å². The van der Waals surface area contributed by atoms with Gasteiger partial charge in [0.25, 0.3) is 0 Å². The fourth-order valence-corrected chi connectivity index (χ4v) is 2.45. The molecule has 0 bridgehead atoms. The van der Waals surface area contributed by atoms with E-state index in [1.807, 2.05) is 32.9 Å². The molecule has 0 heterocycles. The summed E-state index contributed by atoms with van der Waals surface area (Å²) in [4.78, 5) is 10.6. The smallest absolute Gasteiger partial charge is 0.328 e. The molecule has 138 valence electrons. The zero-order valence-electron chi connectivity index (χ0n) is 15.3. The van der Waals surface area contributed by atoms with Crippen LogP contribution in [0.2, 0.25) is 0 Å². The molecule has 2 rings (SSSR count). The topological polar surface area (TPSA) is 65.0 Å². The Balaban J connectivity index is 1.96. The summed E-state index contributed by atoms with van der Waals surface area (Å²) in [5.74, 6) is 1.03. The van der Waals surface area contributed by atoms with E-state index in [9.17, 15) is 4.79 Å². The highest BCUT2D eigenvalue weighted by Crippen LogP contribution is 2.29. The Labute approximate surface area is 153 Å². The van der Waals surface area contributed by atoms with Crippen LogP contribution in [0.1, 0.15) is 23.6 Å². The van der Waals surface area contributed by atoms with Crippen molar-refractivity contribution < 1.29 is 24.1 Å². The van der Waals surface area contributed by atoms with E-state index in [0.717, 1.165) is 23.0 Å². The van der Waals surface area contributed by atoms with Crippen LogP contribution in [0, 0.1) is 13.8 Å². The number of aliphatic carboxylic acids is 1. The number of aryl methyl sites for hydroxylation is 2. The van der Waals surface area contributed by atoms with E-state index >= 15 is 0 Å². The summed E-state index contributed by atoms with van der Waals surface area (Å²) in [6, 6.07) is 11.3. The number of carbonyl (C=O) groups is 1. The molecule has 0 fully saturated rings. The highest BCUT2D eigenvalue weighted by Gasteiger charge is 2.07. The van der Waals surface area contributed by atoms with Gasteiger partial charge in [-0.3, -0.25) is 0 Å². The molecule has 0 aliphatic rings. The van der Waals surface area contributed by atoms with Gasteiger partial charge < -0.3 is 19.3 Å². The van der Waals surface area contributed by atoms with Crippen LogP contribution in [0.15, 0.2) is 42.5 Å². The van der Waals surface area contributed by atoms with Crippen molar-refractivity contribution in [3.63, 3.8) is 0 Å². The summed E-state index contributed by atoms with van der Waals surface area (Å²) < 4.78 is 17.1. The summed E-state index contributed by atoms with van der Waals surface area (Å²) in [5.41, 5.74) is 3.02. The second kappa shape index (κ2) is 9.51. The van der Waals surface area contributed by atoms with E-state index in [4.69, 9.17) is 19.3 Å². The van der Waals surface area contributed by atoms with Crippen molar-refractivity contribution in [1.29, 1.82) is 0 Å². The summed E-state index contributed by atoms with van der Waals surface area (Å²) in [6.45, 7) is 7.21. The number of hydrogen-bond donors (Lipinski definition) is 1. The third-order valence-electron chi connectivity index (χ3n) is 3.61. The third-order valence-corrected chi connectivity index (χ3v) is 3.61. The molecular formula is C21H24O5. The molecule has 0 aromatic heterocycles. The minimum Gasteiger partial charge on any atom is -0.490 e. The Kier molecular flexibility index (Phi) is 7.09. The van der Waals surface area contributed by atoms with Gasteiger partial charge >= 0.3 is 5.97 Å². The number of rotatable bonds is 9. The van der Waals surface area contributed by atoms with E-state index in [-0.39, 0.29) is 0 Å². The van der Waals surface area contributed by atoms with Crippen molar-refractivity contribution in [1.82, 2.24) is 0 Å². The Bertz CT molecular complexity index is 780. The van der Waals surface area contributed by atoms with Crippen LogP contribution in [0.4, 0.5) is 0 Å². The minimum absolute atomic E-state index is 0.373. The Morgan fingerprint density at radius 3 is 2.31 bits per heavy atom. The first-order valence-electron chi connectivity index (χ1n) is 8.50. The number of ether oxygens (including phenoxy) is 3. The van der Waals surface area contributed by atoms with Crippen molar-refractivity contribution >= 4 is 12.0 Å². The highest BCUT2D eigenvalue weighted by atomic mass is 16.5. The molecule has 0 spiro atoms. The van der Waals surface area contributed by atoms with E-state index < -0.39 is 5.97 Å². The molecule has 0 amide bonds. The predicted molar refractivity (Wildman–Crippen MR) is 101 cm³/mol. The van der Waals surface area contributed by atoms with Gasteiger partial charge in [-0.25, -0.2) is 4.79 Å². The zero-order chi connectivity index (χ0) is 18.9. The van der Waals surface area contributed by atoms with Crippen molar-refractivity contribution in [3.8, 4) is 17.2 Å². The third kappa shape index (κ3) is 5.84. The number of carboxylic acid groups (broad SMARTS) is 1. The molecular weight excluding hydrogens is 332 g/mol. The van der Waals surface area contributed by atoms with Crippen LogP contribution >= 0.6 is 0 Å². The standard InChI is InChI=1S/C21H24O5/c1-4-24-20-14-17(7-10-21(22)23)6-9-19(20)26-12-11-25-18-8-5-15(2)13-16(18)3/h5-10,13-14H,4,11-12H2,1-3H3,(H,22,23). The maximum absolute atomic E-state index is 10.6. The van der Waals surface area contributed by atoms with Gasteiger partial charge in [-0.15, -0.1) is 0 Å². The maximum atomic E-state index is 10.6. The van der Waals surface area contributed by atoms with Crippen molar-refractivity contribution in [3.05, 3.63) is 59.2 Å². The average Bonchev–Trinajstić information content (AvgIpc) is 2.60. The Morgan fingerprint density at radius 1 is 0.962 bits per heavy atom. The average molecular weight is 356 g/mol. The Hall–Kier alpha value is -2.95. The summed E-state index contributed by atoms with van der Waals surface area (Å²) >= 11 is 0. The van der Waals surface area contributed by atoms with Gasteiger partial charge in [-0.05, 0) is 56.2 Å². The van der Waals surface area contributed by atoms with Crippen molar-refractivity contribution in [2.24, 2.45) is 0 Å². The summed E-state index contributed by atoms with van der Waals surface area (Å²) in [5, 5.41) is 8.72. The Morgan fingerprint density at radius 2 is 1.65 bits per heavy atom. The number of benzene rings is 2. The fourth-order valence-electron chi connectivity index (χ4n) is 2.45. The van der Waals surface area contributed by atoms with E-state index in [2.05, 4.69) is 6.07 Å². The lowest BCUT2D eigenvalue weighted by Gasteiger charge is -2.14. The first-order chi connectivity index (χ1) is 12.5. The van der Waals surface area contributed by atoms with Crippen LogP contribution in [-0.2, 0) is 4.79 Å². The van der Waals surface area contributed by atoms with Crippen molar-refractivity contribution in [2.45, 2.75) is 20.8 Å². The molecule has 5 heteroatoms. The number of hydrogen-bond acceptors (Lipinski definition) is 4. The molecule has 5 nitrogen and oxygen atoms in total. The molecule has 0 saturated carbocycles. The molecule has 0 unspecified atom stereocenters. The lowest BCUT2D eigenvalue weighted by molar-refractivity contribution is -0.131. The zero-order valence-corrected chi connectivity index (χ0v) is 15.3. The SMILES string of the molecule is CCOc1cc(C=CC(=O)O)ccc1OCCOc1ccc(C)cc1C. The first kappa shape index (κ1) is 19.4. The van der Waals surface area contributed by atoms with Crippen LogP contribution in [0.5, 0.6) is 17.2 Å². The normalized spacial score (nSPS) is 10.7. The second-order valence-electron chi connectivity index (χ2n) is 5.78. The van der Waals surface area contributed by atoms with Gasteiger partial charge in [-0.1, -0.05) is 23.8 Å². The van der Waals surface area contributed by atoms with Gasteiger partial charge in [0.15, 0.2) is 11.5 Å². The van der Waals surface area contributed by atoms with Crippen molar-refractivity contribution in [2.75, 3.05) is 19.8 Å².